The van der Waals surface area contributed by atoms with Crippen molar-refractivity contribution in [1.29, 1.82) is 0 Å². The molecule has 30 heavy (non-hydrogen) atoms. The fourth-order valence-electron chi connectivity index (χ4n) is 3.65. The summed E-state index contributed by atoms with van der Waals surface area (Å²) < 4.78 is 0.970. The van der Waals surface area contributed by atoms with Crippen molar-refractivity contribution >= 4 is 49.3 Å². The second-order valence-corrected chi connectivity index (χ2v) is 8.08. The molecule has 0 aliphatic rings. The Hall–Kier alpha value is -3.44. The van der Waals surface area contributed by atoms with Crippen LogP contribution in [-0.2, 0) is 0 Å². The predicted molar refractivity (Wildman–Crippen MR) is 126 cm³/mol. The summed E-state index contributed by atoms with van der Waals surface area (Å²) in [6, 6.07) is 25.5. The summed E-state index contributed by atoms with van der Waals surface area (Å²) in [7, 11) is 0. The Balaban J connectivity index is 1.51. The first kappa shape index (κ1) is 18.6. The van der Waals surface area contributed by atoms with Crippen LogP contribution in [0.3, 0.4) is 0 Å². The fourth-order valence-corrected chi connectivity index (χ4v) is 4.15. The molecule has 146 valence electrons. The van der Waals surface area contributed by atoms with E-state index in [0.717, 1.165) is 48.9 Å². The van der Waals surface area contributed by atoms with Crippen LogP contribution in [0, 0.1) is 6.92 Å². The molecule has 0 spiro atoms. The van der Waals surface area contributed by atoms with Gasteiger partial charge in [0.05, 0.1) is 11.0 Å². The Morgan fingerprint density at radius 1 is 0.933 bits per heavy atom. The molecule has 0 saturated carbocycles. The van der Waals surface area contributed by atoms with Crippen molar-refractivity contribution in [2.24, 2.45) is 0 Å². The maximum absolute atomic E-state index is 13.1. The lowest BCUT2D eigenvalue weighted by Crippen LogP contribution is -2.13. The fraction of sp³-hybridized carbons (Fsp3) is 0.0400. The Kier molecular flexibility index (Phi) is 4.60. The summed E-state index contributed by atoms with van der Waals surface area (Å²) in [5, 5.41) is 5.01. The zero-order valence-corrected chi connectivity index (χ0v) is 17.8. The number of aryl methyl sites for hydroxylation is 1. The summed E-state index contributed by atoms with van der Waals surface area (Å²) in [5.41, 5.74) is 5.23. The molecule has 0 unspecified atom stereocenters. The van der Waals surface area contributed by atoms with E-state index in [9.17, 15) is 4.79 Å². The molecule has 0 saturated heterocycles. The number of rotatable bonds is 3. The average Bonchev–Trinajstić information content (AvgIpc) is 3.19. The van der Waals surface area contributed by atoms with Crippen molar-refractivity contribution in [2.45, 2.75) is 6.92 Å². The van der Waals surface area contributed by atoms with Crippen LogP contribution < -0.4 is 5.32 Å². The highest BCUT2D eigenvalue weighted by molar-refractivity contribution is 9.10. The summed E-state index contributed by atoms with van der Waals surface area (Å²) >= 11 is 3.57. The third-order valence-corrected chi connectivity index (χ3v) is 5.95. The number of halogens is 1. The smallest absolute Gasteiger partial charge is 0.256 e. The highest BCUT2D eigenvalue weighted by atomic mass is 79.9. The van der Waals surface area contributed by atoms with Gasteiger partial charge in [-0.25, -0.2) is 4.98 Å². The van der Waals surface area contributed by atoms with Crippen LogP contribution in [0.25, 0.3) is 33.2 Å². The number of nitrogens with zero attached hydrogens (tertiary/aromatic N) is 1. The zero-order valence-electron chi connectivity index (χ0n) is 16.2. The number of H-pyrrole nitrogens is 1. The second kappa shape index (κ2) is 7.43. The third-order valence-electron chi connectivity index (χ3n) is 5.26. The number of benzene rings is 4. The number of imidazole rings is 1. The zero-order chi connectivity index (χ0) is 20.7. The first-order chi connectivity index (χ1) is 14.6. The topological polar surface area (TPSA) is 57.8 Å². The Morgan fingerprint density at radius 2 is 1.73 bits per heavy atom. The molecule has 1 amide bonds. The van der Waals surface area contributed by atoms with E-state index >= 15 is 0 Å². The van der Waals surface area contributed by atoms with Crippen LogP contribution >= 0.6 is 15.9 Å². The highest BCUT2D eigenvalue weighted by Gasteiger charge is 2.14. The first-order valence-corrected chi connectivity index (χ1v) is 10.4. The van der Waals surface area contributed by atoms with Crippen molar-refractivity contribution < 1.29 is 4.79 Å². The number of amides is 1. The number of carbonyl (C=O) groups is 1. The molecule has 5 aromatic rings. The number of hydrogen-bond acceptors (Lipinski definition) is 2. The molecule has 0 aliphatic heterocycles. The number of aromatic nitrogens is 2. The number of para-hydroxylation sites is 2. The van der Waals surface area contributed by atoms with E-state index in [4.69, 9.17) is 0 Å². The van der Waals surface area contributed by atoms with Gasteiger partial charge >= 0.3 is 0 Å². The van der Waals surface area contributed by atoms with E-state index in [1.807, 2.05) is 85.8 Å². The molecular weight excluding hydrogens is 438 g/mol. The van der Waals surface area contributed by atoms with Gasteiger partial charge in [0.1, 0.15) is 5.82 Å². The van der Waals surface area contributed by atoms with Crippen molar-refractivity contribution in [3.63, 3.8) is 0 Å². The molecule has 1 aromatic heterocycles. The van der Waals surface area contributed by atoms with Gasteiger partial charge in [0.2, 0.25) is 0 Å². The molecule has 2 N–H and O–H groups in total. The van der Waals surface area contributed by atoms with Gasteiger partial charge < -0.3 is 10.3 Å². The van der Waals surface area contributed by atoms with Gasteiger partial charge in [0.15, 0.2) is 0 Å². The maximum atomic E-state index is 13.1. The molecule has 5 heteroatoms. The number of aromatic amines is 1. The SMILES string of the molecule is Cc1ccc(-c2nc3ccccc3[nH]2)cc1NC(=O)c1cccc2c(Br)cccc12. The largest absolute Gasteiger partial charge is 0.338 e. The number of anilines is 1. The molecule has 0 bridgehead atoms. The molecule has 4 nitrogen and oxygen atoms in total. The third kappa shape index (κ3) is 3.27. The average molecular weight is 456 g/mol. The Bertz CT molecular complexity index is 1390. The quantitative estimate of drug-likeness (QED) is 0.317. The van der Waals surface area contributed by atoms with Gasteiger partial charge in [-0.05, 0) is 53.6 Å². The molecule has 4 aromatic carbocycles. The lowest BCUT2D eigenvalue weighted by Gasteiger charge is -2.12. The summed E-state index contributed by atoms with van der Waals surface area (Å²) in [6.45, 7) is 1.98. The van der Waals surface area contributed by atoms with E-state index in [1.54, 1.807) is 0 Å². The van der Waals surface area contributed by atoms with E-state index in [2.05, 4.69) is 31.2 Å². The second-order valence-electron chi connectivity index (χ2n) is 7.23. The minimum Gasteiger partial charge on any atom is -0.338 e. The minimum absolute atomic E-state index is 0.136. The predicted octanol–water partition coefficient (Wildman–Crippen LogP) is 6.71. The van der Waals surface area contributed by atoms with Gasteiger partial charge in [-0.3, -0.25) is 4.79 Å². The Morgan fingerprint density at radius 3 is 2.60 bits per heavy atom. The van der Waals surface area contributed by atoms with E-state index in [-0.39, 0.29) is 5.91 Å². The first-order valence-electron chi connectivity index (χ1n) is 9.64. The molecule has 0 fully saturated rings. The highest BCUT2D eigenvalue weighted by Crippen LogP contribution is 2.29. The lowest BCUT2D eigenvalue weighted by atomic mass is 10.0. The van der Waals surface area contributed by atoms with Crippen molar-refractivity contribution in [3.8, 4) is 11.4 Å². The summed E-state index contributed by atoms with van der Waals surface area (Å²) in [6.07, 6.45) is 0. The number of nitrogens with one attached hydrogen (secondary N) is 2. The number of fused-ring (bicyclic) bond motifs is 2. The summed E-state index contributed by atoms with van der Waals surface area (Å²) in [5.74, 6) is 0.643. The van der Waals surface area contributed by atoms with Gasteiger partial charge in [-0.1, -0.05) is 64.5 Å². The van der Waals surface area contributed by atoms with Crippen LogP contribution in [0.4, 0.5) is 5.69 Å². The van der Waals surface area contributed by atoms with Crippen LogP contribution in [0.5, 0.6) is 0 Å². The normalized spacial score (nSPS) is 11.1. The van der Waals surface area contributed by atoms with Crippen molar-refractivity contribution in [1.82, 2.24) is 9.97 Å². The van der Waals surface area contributed by atoms with E-state index in [1.165, 1.54) is 0 Å². The van der Waals surface area contributed by atoms with Gasteiger partial charge in [0.25, 0.3) is 5.91 Å². The minimum atomic E-state index is -0.136. The van der Waals surface area contributed by atoms with Crippen molar-refractivity contribution in [3.05, 3.63) is 94.5 Å². The monoisotopic (exact) mass is 455 g/mol. The molecule has 5 rings (SSSR count). The van der Waals surface area contributed by atoms with Crippen molar-refractivity contribution in [2.75, 3.05) is 5.32 Å². The summed E-state index contributed by atoms with van der Waals surface area (Å²) in [4.78, 5) is 21.1. The van der Waals surface area contributed by atoms with Gasteiger partial charge in [-0.2, -0.15) is 0 Å². The standard InChI is InChI=1S/C25H18BrN3O/c1-15-12-13-16(24-27-21-10-2-3-11-22(21)28-24)14-23(15)29-25(30)19-8-4-7-18-17(19)6-5-9-20(18)26/h2-14H,1H3,(H,27,28)(H,29,30). The van der Waals surface area contributed by atoms with E-state index < -0.39 is 0 Å². The molecule has 0 atom stereocenters. The maximum Gasteiger partial charge on any atom is 0.256 e. The lowest BCUT2D eigenvalue weighted by molar-refractivity contribution is 0.102. The van der Waals surface area contributed by atoms with Crippen LogP contribution in [0.2, 0.25) is 0 Å². The number of hydrogen-bond donors (Lipinski definition) is 2. The van der Waals surface area contributed by atoms with Crippen LogP contribution in [0.15, 0.2) is 83.3 Å². The Labute approximate surface area is 182 Å². The molecule has 0 radical (unpaired) electrons. The van der Waals surface area contributed by atoms with E-state index in [0.29, 0.717) is 5.56 Å². The molecule has 0 aliphatic carbocycles. The van der Waals surface area contributed by atoms with Gasteiger partial charge in [-0.15, -0.1) is 0 Å². The van der Waals surface area contributed by atoms with Crippen LogP contribution in [-0.4, -0.2) is 15.9 Å². The number of carbonyl (C=O) groups excluding carboxylic acids is 1. The van der Waals surface area contributed by atoms with Gasteiger partial charge in [0, 0.05) is 21.3 Å². The molecule has 1 heterocycles. The van der Waals surface area contributed by atoms with Crippen LogP contribution in [0.1, 0.15) is 15.9 Å². The molecular formula is C25H18BrN3O.